The quantitative estimate of drug-likeness (QED) is 0.521. The van der Waals surface area contributed by atoms with Crippen LogP contribution in [0.2, 0.25) is 0 Å². The molecule has 5 N–H and O–H groups in total. The van der Waals surface area contributed by atoms with Crippen LogP contribution in [0.15, 0.2) is 53.7 Å². The van der Waals surface area contributed by atoms with Crippen LogP contribution in [0.3, 0.4) is 0 Å². The van der Waals surface area contributed by atoms with E-state index in [2.05, 4.69) is 4.98 Å². The zero-order valence-electron chi connectivity index (χ0n) is 15.8. The zero-order chi connectivity index (χ0) is 20.3. The molecule has 152 valence electrons. The summed E-state index contributed by atoms with van der Waals surface area (Å²) in [6, 6.07) is 11.5. The number of aromatic nitrogens is 1. The van der Waals surface area contributed by atoms with Gasteiger partial charge in [-0.2, -0.15) is 0 Å². The van der Waals surface area contributed by atoms with Crippen molar-refractivity contribution in [2.75, 3.05) is 6.26 Å². The number of rotatable bonds is 6. The highest BCUT2D eigenvalue weighted by molar-refractivity contribution is 8.00. The lowest BCUT2D eigenvalue weighted by molar-refractivity contribution is -0.202. The van der Waals surface area contributed by atoms with E-state index >= 15 is 0 Å². The maximum absolute atomic E-state index is 10.3. The van der Waals surface area contributed by atoms with Gasteiger partial charge in [0.1, 0.15) is 29.9 Å². The van der Waals surface area contributed by atoms with E-state index in [9.17, 15) is 15.3 Å². The fraction of sp³-hybridized carbons (Fsp3) is 0.450. The van der Waals surface area contributed by atoms with Gasteiger partial charge in [-0.1, -0.05) is 25.1 Å². The minimum absolute atomic E-state index is 0.0751. The summed E-state index contributed by atoms with van der Waals surface area (Å²) >= 11 is 2.86. The Labute approximate surface area is 173 Å². The van der Waals surface area contributed by atoms with Gasteiger partial charge in [0.2, 0.25) is 0 Å². The average molecular weight is 423 g/mol. The predicted molar refractivity (Wildman–Crippen MR) is 113 cm³/mol. The Morgan fingerprint density at radius 3 is 2.36 bits per heavy atom. The summed E-state index contributed by atoms with van der Waals surface area (Å²) in [5.74, 6) is 0. The Kier molecular flexibility index (Phi) is 7.38. The molecular weight excluding hydrogens is 396 g/mol. The molecule has 1 aliphatic rings. The van der Waals surface area contributed by atoms with Crippen LogP contribution in [0.5, 0.6) is 0 Å². The molecule has 7 atom stereocenters. The number of ether oxygens (including phenoxy) is 1. The molecule has 0 spiro atoms. The number of hydrogen-bond acceptors (Lipinski definition) is 8. The molecule has 0 amide bonds. The first-order valence-corrected chi connectivity index (χ1v) is 11.2. The first kappa shape index (κ1) is 21.6. The van der Waals surface area contributed by atoms with Crippen LogP contribution in [0.4, 0.5) is 0 Å². The molecule has 2 aromatic rings. The van der Waals surface area contributed by atoms with E-state index in [1.165, 1.54) is 11.8 Å². The number of aliphatic hydroxyl groups excluding tert-OH is 3. The van der Waals surface area contributed by atoms with Crippen LogP contribution in [0.1, 0.15) is 6.92 Å². The number of nitrogens with zero attached hydrogens (tertiary/aromatic N) is 1. The van der Waals surface area contributed by atoms with Gasteiger partial charge >= 0.3 is 0 Å². The highest BCUT2D eigenvalue weighted by Crippen LogP contribution is 2.33. The van der Waals surface area contributed by atoms with Crippen molar-refractivity contribution in [1.82, 2.24) is 4.98 Å². The van der Waals surface area contributed by atoms with Gasteiger partial charge in [0, 0.05) is 28.6 Å². The number of nitrogens with two attached hydrogens (primary N) is 1. The summed E-state index contributed by atoms with van der Waals surface area (Å²) in [7, 11) is 0. The van der Waals surface area contributed by atoms with Crippen LogP contribution < -0.4 is 5.73 Å². The molecule has 2 heterocycles. The Morgan fingerprint density at radius 2 is 1.75 bits per heavy atom. The zero-order valence-corrected chi connectivity index (χ0v) is 17.4. The molecule has 0 bridgehead atoms. The molecule has 0 radical (unpaired) electrons. The highest BCUT2D eigenvalue weighted by Gasteiger charge is 2.46. The van der Waals surface area contributed by atoms with Crippen molar-refractivity contribution in [3.05, 3.63) is 48.8 Å². The average Bonchev–Trinajstić information content (AvgIpc) is 2.73. The molecule has 1 aromatic heterocycles. The third kappa shape index (κ3) is 4.71. The van der Waals surface area contributed by atoms with Gasteiger partial charge in [-0.3, -0.25) is 4.98 Å². The predicted octanol–water partition coefficient (Wildman–Crippen LogP) is 1.73. The number of pyridine rings is 1. The summed E-state index contributed by atoms with van der Waals surface area (Å²) in [6.45, 7) is 1.96. The number of thioether (sulfide) groups is 2. The van der Waals surface area contributed by atoms with Gasteiger partial charge in [0.15, 0.2) is 0 Å². The van der Waals surface area contributed by atoms with Crippen molar-refractivity contribution in [2.45, 2.75) is 53.0 Å². The smallest absolute Gasteiger partial charge is 0.132 e. The summed E-state index contributed by atoms with van der Waals surface area (Å²) < 4.78 is 5.79. The van der Waals surface area contributed by atoms with Crippen molar-refractivity contribution in [1.29, 1.82) is 0 Å². The molecule has 28 heavy (non-hydrogen) atoms. The molecule has 8 heteroatoms. The maximum Gasteiger partial charge on any atom is 0.132 e. The summed E-state index contributed by atoms with van der Waals surface area (Å²) in [5.41, 5.74) is 7.88. The maximum atomic E-state index is 10.3. The van der Waals surface area contributed by atoms with Crippen LogP contribution in [-0.2, 0) is 4.74 Å². The van der Waals surface area contributed by atoms with Crippen LogP contribution in [0, 0.1) is 0 Å². The summed E-state index contributed by atoms with van der Waals surface area (Å²) in [5, 5.41) is 30.4. The van der Waals surface area contributed by atoms with Crippen molar-refractivity contribution in [3.8, 4) is 11.1 Å². The van der Waals surface area contributed by atoms with Crippen LogP contribution in [0.25, 0.3) is 11.1 Å². The first-order chi connectivity index (χ1) is 13.4. The molecule has 6 nitrogen and oxygen atoms in total. The van der Waals surface area contributed by atoms with E-state index in [0.29, 0.717) is 0 Å². The van der Waals surface area contributed by atoms with Crippen molar-refractivity contribution >= 4 is 23.5 Å². The highest BCUT2D eigenvalue weighted by atomic mass is 32.2. The van der Waals surface area contributed by atoms with E-state index in [1.54, 1.807) is 24.2 Å². The molecule has 1 fully saturated rings. The van der Waals surface area contributed by atoms with Crippen molar-refractivity contribution in [2.24, 2.45) is 5.73 Å². The van der Waals surface area contributed by atoms with Gasteiger partial charge in [0.25, 0.3) is 0 Å². The summed E-state index contributed by atoms with van der Waals surface area (Å²) in [6.07, 6.45) is 0.940. The molecule has 1 aliphatic heterocycles. The number of hydrogen-bond donors (Lipinski definition) is 4. The second-order valence-electron chi connectivity index (χ2n) is 6.84. The fourth-order valence-electron chi connectivity index (χ4n) is 3.21. The van der Waals surface area contributed by atoms with Gasteiger partial charge in [-0.05, 0) is 35.6 Å². The normalized spacial score (nSPS) is 30.0. The molecule has 1 aromatic carbocycles. The van der Waals surface area contributed by atoms with E-state index in [4.69, 9.17) is 10.5 Å². The molecule has 7 unspecified atom stereocenters. The lowest BCUT2D eigenvalue weighted by atomic mass is 9.94. The SMILES string of the molecule is CSC1OC(C(N)C(C)Sc2ccc(-c3cccnc3)cc2)C(O)C(O)C1O. The van der Waals surface area contributed by atoms with E-state index in [-0.39, 0.29) is 5.25 Å². The second-order valence-corrected chi connectivity index (χ2v) is 9.23. The summed E-state index contributed by atoms with van der Waals surface area (Å²) in [4.78, 5) is 5.18. The van der Waals surface area contributed by atoms with Gasteiger partial charge in [-0.25, -0.2) is 0 Å². The van der Waals surface area contributed by atoms with Gasteiger partial charge < -0.3 is 25.8 Å². The van der Waals surface area contributed by atoms with E-state index < -0.39 is 35.9 Å². The third-order valence-corrected chi connectivity index (χ3v) is 7.02. The Morgan fingerprint density at radius 1 is 1.04 bits per heavy atom. The van der Waals surface area contributed by atoms with Crippen LogP contribution in [-0.4, -0.2) is 67.7 Å². The van der Waals surface area contributed by atoms with Gasteiger partial charge in [-0.15, -0.1) is 23.5 Å². The monoisotopic (exact) mass is 422 g/mol. The largest absolute Gasteiger partial charge is 0.388 e. The molecular formula is C20H26N2O4S2. The minimum Gasteiger partial charge on any atom is -0.388 e. The van der Waals surface area contributed by atoms with Gasteiger partial charge in [0.05, 0.1) is 0 Å². The standard InChI is InChI=1S/C20H26N2O4S2/c1-11(15(21)19-17(24)16(23)18(25)20(26-19)27-2)28-14-7-5-12(6-8-14)13-4-3-9-22-10-13/h3-11,15-20,23-25H,21H2,1-2H3. The van der Waals surface area contributed by atoms with Crippen LogP contribution >= 0.6 is 23.5 Å². The minimum atomic E-state index is -1.28. The Balaban J connectivity index is 1.66. The van der Waals surface area contributed by atoms with E-state index in [1.807, 2.05) is 49.5 Å². The Hall–Kier alpha value is -1.13. The molecule has 3 rings (SSSR count). The topological polar surface area (TPSA) is 109 Å². The number of aliphatic hydroxyl groups is 3. The molecule has 0 aliphatic carbocycles. The number of benzene rings is 1. The lowest BCUT2D eigenvalue weighted by Crippen LogP contribution is -2.62. The van der Waals surface area contributed by atoms with Crippen molar-refractivity contribution < 1.29 is 20.1 Å². The lowest BCUT2D eigenvalue weighted by Gasteiger charge is -2.43. The third-order valence-electron chi connectivity index (χ3n) is 4.93. The van der Waals surface area contributed by atoms with Crippen molar-refractivity contribution in [3.63, 3.8) is 0 Å². The first-order valence-electron chi connectivity index (χ1n) is 9.07. The second kappa shape index (κ2) is 9.58. The Bertz CT molecular complexity index is 748. The fourth-order valence-corrected chi connectivity index (χ4v) is 4.92. The molecule has 0 saturated carbocycles. The van der Waals surface area contributed by atoms with E-state index in [0.717, 1.165) is 16.0 Å². The molecule has 1 saturated heterocycles.